The quantitative estimate of drug-likeness (QED) is 0.691. The third-order valence-electron chi connectivity index (χ3n) is 4.01. The number of esters is 1. The molecule has 150 valence electrons. The fraction of sp³-hybridized carbons (Fsp3) is 0.300. The van der Waals surface area contributed by atoms with Gasteiger partial charge in [0.05, 0.1) is 23.3 Å². The van der Waals surface area contributed by atoms with Crippen molar-refractivity contribution in [1.29, 1.82) is 0 Å². The molecule has 0 unspecified atom stereocenters. The average molecular weight is 404 g/mol. The zero-order valence-electron chi connectivity index (χ0n) is 16.3. The monoisotopic (exact) mass is 404 g/mol. The number of rotatable bonds is 7. The molecule has 0 atom stereocenters. The van der Waals surface area contributed by atoms with Crippen LogP contribution in [0.3, 0.4) is 0 Å². The van der Waals surface area contributed by atoms with Gasteiger partial charge in [0.25, 0.3) is 15.9 Å². The maximum atomic E-state index is 12.8. The van der Waals surface area contributed by atoms with E-state index in [2.05, 4.69) is 14.8 Å². The maximum absolute atomic E-state index is 12.8. The SMILES string of the molecule is COC(=O)c1ccccc1NS(=O)(=O)c1ccc(C)c(C(=O)NCC(C)C)c1. The van der Waals surface area contributed by atoms with Crippen molar-refractivity contribution in [2.75, 3.05) is 18.4 Å². The zero-order valence-corrected chi connectivity index (χ0v) is 17.1. The molecule has 0 saturated heterocycles. The van der Waals surface area contributed by atoms with Gasteiger partial charge in [-0.2, -0.15) is 0 Å². The Balaban J connectivity index is 2.36. The van der Waals surface area contributed by atoms with Crippen LogP contribution in [-0.4, -0.2) is 33.9 Å². The molecule has 7 nitrogen and oxygen atoms in total. The zero-order chi connectivity index (χ0) is 20.9. The number of hydrogen-bond donors (Lipinski definition) is 2. The van der Waals surface area contributed by atoms with Gasteiger partial charge in [0, 0.05) is 12.1 Å². The van der Waals surface area contributed by atoms with E-state index in [9.17, 15) is 18.0 Å². The van der Waals surface area contributed by atoms with Crippen molar-refractivity contribution in [3.8, 4) is 0 Å². The molecule has 1 amide bonds. The van der Waals surface area contributed by atoms with Gasteiger partial charge in [-0.25, -0.2) is 13.2 Å². The summed E-state index contributed by atoms with van der Waals surface area (Å²) < 4.78 is 32.7. The Morgan fingerprint density at radius 3 is 2.39 bits per heavy atom. The molecule has 0 spiro atoms. The van der Waals surface area contributed by atoms with E-state index in [-0.39, 0.29) is 33.5 Å². The number of carbonyl (C=O) groups is 2. The summed E-state index contributed by atoms with van der Waals surface area (Å²) in [4.78, 5) is 24.2. The summed E-state index contributed by atoms with van der Waals surface area (Å²) in [6, 6.07) is 10.5. The van der Waals surface area contributed by atoms with E-state index in [1.54, 1.807) is 25.1 Å². The molecule has 2 N–H and O–H groups in total. The minimum absolute atomic E-state index is 0.0764. The largest absolute Gasteiger partial charge is 0.465 e. The Morgan fingerprint density at radius 1 is 1.07 bits per heavy atom. The number of methoxy groups -OCH3 is 1. The van der Waals surface area contributed by atoms with Crippen molar-refractivity contribution in [1.82, 2.24) is 5.32 Å². The highest BCUT2D eigenvalue weighted by atomic mass is 32.2. The Kier molecular flexibility index (Phi) is 6.80. The van der Waals surface area contributed by atoms with Crippen LogP contribution in [0.15, 0.2) is 47.4 Å². The molecule has 2 aromatic carbocycles. The van der Waals surface area contributed by atoms with Crippen LogP contribution in [-0.2, 0) is 14.8 Å². The third-order valence-corrected chi connectivity index (χ3v) is 5.37. The van der Waals surface area contributed by atoms with E-state index in [1.807, 2.05) is 13.8 Å². The minimum Gasteiger partial charge on any atom is -0.465 e. The van der Waals surface area contributed by atoms with E-state index < -0.39 is 16.0 Å². The third kappa shape index (κ3) is 5.10. The lowest BCUT2D eigenvalue weighted by Gasteiger charge is -2.14. The van der Waals surface area contributed by atoms with Crippen molar-refractivity contribution < 1.29 is 22.7 Å². The molecule has 0 aliphatic rings. The molecule has 0 aromatic heterocycles. The van der Waals surface area contributed by atoms with E-state index in [0.717, 1.165) is 0 Å². The highest BCUT2D eigenvalue weighted by Crippen LogP contribution is 2.22. The van der Waals surface area contributed by atoms with Gasteiger partial charge in [-0.1, -0.05) is 32.0 Å². The molecule has 28 heavy (non-hydrogen) atoms. The molecule has 0 bridgehead atoms. The smallest absolute Gasteiger partial charge is 0.339 e. The van der Waals surface area contributed by atoms with Crippen LogP contribution in [0.25, 0.3) is 0 Å². The summed E-state index contributed by atoms with van der Waals surface area (Å²) in [5, 5.41) is 2.78. The molecule has 0 radical (unpaired) electrons. The van der Waals surface area contributed by atoms with Gasteiger partial charge in [-0.3, -0.25) is 9.52 Å². The lowest BCUT2D eigenvalue weighted by molar-refractivity contribution is 0.0601. The molecule has 0 aliphatic carbocycles. The van der Waals surface area contributed by atoms with Crippen molar-refractivity contribution in [3.63, 3.8) is 0 Å². The van der Waals surface area contributed by atoms with E-state index in [4.69, 9.17) is 0 Å². The first kappa shape index (κ1) is 21.4. The molecule has 0 heterocycles. The molecule has 0 fully saturated rings. The van der Waals surface area contributed by atoms with Gasteiger partial charge in [0.1, 0.15) is 0 Å². The lowest BCUT2D eigenvalue weighted by atomic mass is 10.1. The first-order chi connectivity index (χ1) is 13.2. The number of amides is 1. The molecule has 2 aromatic rings. The number of ether oxygens (including phenoxy) is 1. The first-order valence-electron chi connectivity index (χ1n) is 8.74. The number of para-hydroxylation sites is 1. The standard InChI is InChI=1S/C20H24N2O5S/c1-13(2)12-21-19(23)17-11-15(10-9-14(17)3)28(25,26)22-18-8-6-5-7-16(18)20(24)27-4/h5-11,13,22H,12H2,1-4H3,(H,21,23). The minimum atomic E-state index is -4.02. The number of hydrogen-bond acceptors (Lipinski definition) is 5. The van der Waals surface area contributed by atoms with Gasteiger partial charge < -0.3 is 10.1 Å². The van der Waals surface area contributed by atoms with Crippen molar-refractivity contribution in [2.24, 2.45) is 5.92 Å². The molecular formula is C20H24N2O5S. The molecule has 0 aliphatic heterocycles. The molecule has 2 rings (SSSR count). The van der Waals surface area contributed by atoms with E-state index in [0.29, 0.717) is 12.1 Å². The Morgan fingerprint density at radius 2 is 1.75 bits per heavy atom. The Labute approximate surface area is 165 Å². The van der Waals surface area contributed by atoms with Crippen molar-refractivity contribution in [3.05, 3.63) is 59.2 Å². The second-order valence-corrected chi connectivity index (χ2v) is 8.41. The summed E-state index contributed by atoms with van der Waals surface area (Å²) in [6.07, 6.45) is 0. The number of sulfonamides is 1. The predicted molar refractivity (Wildman–Crippen MR) is 107 cm³/mol. The van der Waals surface area contributed by atoms with Crippen LogP contribution in [0.2, 0.25) is 0 Å². The summed E-state index contributed by atoms with van der Waals surface area (Å²) in [6.45, 7) is 6.16. The van der Waals surface area contributed by atoms with Gasteiger partial charge in [0.2, 0.25) is 0 Å². The molecular weight excluding hydrogens is 380 g/mol. The lowest BCUT2D eigenvalue weighted by Crippen LogP contribution is -2.28. The van der Waals surface area contributed by atoms with Crippen LogP contribution in [0.4, 0.5) is 5.69 Å². The van der Waals surface area contributed by atoms with Crippen LogP contribution in [0.1, 0.15) is 40.1 Å². The van der Waals surface area contributed by atoms with Crippen molar-refractivity contribution in [2.45, 2.75) is 25.7 Å². The normalized spacial score (nSPS) is 11.2. The summed E-state index contributed by atoms with van der Waals surface area (Å²) >= 11 is 0. The summed E-state index contributed by atoms with van der Waals surface area (Å²) in [5.41, 5.74) is 1.14. The van der Waals surface area contributed by atoms with Gasteiger partial charge in [-0.15, -0.1) is 0 Å². The second kappa shape index (κ2) is 8.88. The predicted octanol–water partition coefficient (Wildman–Crippen LogP) is 2.97. The maximum Gasteiger partial charge on any atom is 0.339 e. The summed E-state index contributed by atoms with van der Waals surface area (Å²) in [7, 11) is -2.80. The number of nitrogens with one attached hydrogen (secondary N) is 2. The van der Waals surface area contributed by atoms with Gasteiger partial charge >= 0.3 is 5.97 Å². The van der Waals surface area contributed by atoms with Gasteiger partial charge in [0.15, 0.2) is 0 Å². The molecule has 0 saturated carbocycles. The number of benzene rings is 2. The fourth-order valence-corrected chi connectivity index (χ4v) is 3.57. The van der Waals surface area contributed by atoms with E-state index in [1.165, 1.54) is 31.4 Å². The highest BCUT2D eigenvalue weighted by Gasteiger charge is 2.21. The van der Waals surface area contributed by atoms with Crippen LogP contribution < -0.4 is 10.0 Å². The fourth-order valence-electron chi connectivity index (χ4n) is 2.47. The first-order valence-corrected chi connectivity index (χ1v) is 10.2. The van der Waals surface area contributed by atoms with E-state index >= 15 is 0 Å². The number of aryl methyl sites for hydroxylation is 1. The summed E-state index contributed by atoms with van der Waals surface area (Å²) in [5.74, 6) is -0.721. The average Bonchev–Trinajstić information content (AvgIpc) is 2.65. The van der Waals surface area contributed by atoms with Crippen molar-refractivity contribution >= 4 is 27.6 Å². The van der Waals surface area contributed by atoms with Gasteiger partial charge in [-0.05, 0) is 42.7 Å². The number of anilines is 1. The topological polar surface area (TPSA) is 102 Å². The highest BCUT2D eigenvalue weighted by molar-refractivity contribution is 7.92. The van der Waals surface area contributed by atoms with Crippen LogP contribution in [0.5, 0.6) is 0 Å². The Bertz CT molecular complexity index is 984. The Hall–Kier alpha value is -2.87. The second-order valence-electron chi connectivity index (χ2n) is 6.72. The number of carbonyl (C=O) groups excluding carboxylic acids is 2. The molecule has 8 heteroatoms. The van der Waals surface area contributed by atoms with Crippen LogP contribution >= 0.6 is 0 Å². The van der Waals surface area contributed by atoms with Crippen LogP contribution in [0, 0.1) is 12.8 Å².